The molecule has 5 aliphatic carbocycles. The van der Waals surface area contributed by atoms with E-state index in [9.17, 15) is 0 Å². The lowest BCUT2D eigenvalue weighted by molar-refractivity contribution is -0.0687. The van der Waals surface area contributed by atoms with Gasteiger partial charge in [0.1, 0.15) is 6.10 Å². The molecule has 4 unspecified atom stereocenters. The van der Waals surface area contributed by atoms with Gasteiger partial charge in [-0.15, -0.1) is 0 Å². The maximum absolute atomic E-state index is 6.24. The zero-order valence-electron chi connectivity index (χ0n) is 22.4. The molecule has 1 fully saturated rings. The van der Waals surface area contributed by atoms with Gasteiger partial charge in [-0.25, -0.2) is 0 Å². The number of methoxy groups -OCH3 is 2. The van der Waals surface area contributed by atoms with Crippen molar-refractivity contribution in [1.29, 1.82) is 0 Å². The van der Waals surface area contributed by atoms with Crippen molar-refractivity contribution >= 4 is 0 Å². The van der Waals surface area contributed by atoms with Crippen LogP contribution in [-0.2, 0) is 9.47 Å². The zero-order chi connectivity index (χ0) is 23.3. The average molecular weight is 421 g/mol. The van der Waals surface area contributed by atoms with Crippen LogP contribution in [0.1, 0.15) is 108 Å². The number of ether oxygens (including phenoxy) is 2. The highest BCUT2D eigenvalue weighted by atomic mass is 16.5. The van der Waals surface area contributed by atoms with Gasteiger partial charge in [0.15, 0.2) is 0 Å². The maximum atomic E-state index is 6.24. The van der Waals surface area contributed by atoms with Gasteiger partial charge in [-0.05, 0) is 72.8 Å². The Morgan fingerprint density at radius 2 is 1.17 bits per heavy atom. The first-order valence-corrected chi connectivity index (χ1v) is 13.0. The van der Waals surface area contributed by atoms with E-state index in [4.69, 9.17) is 9.47 Å². The standard InChI is InChI=1S/C22H34O2.3C2H6/c1-13-7-8-14(2)17-16(13)15(3)18-19(20(17)23-5)22(24-6)11-9-21(18,4)10-12-22;3*1-2/h13-15,20H,7-12H2,1-6H3;3*1-2H3. The summed E-state index contributed by atoms with van der Waals surface area (Å²) in [5, 5.41) is 0. The van der Waals surface area contributed by atoms with Crippen LogP contribution in [0.15, 0.2) is 22.3 Å². The van der Waals surface area contributed by atoms with Gasteiger partial charge < -0.3 is 9.47 Å². The normalized spacial score (nSPS) is 38.8. The van der Waals surface area contributed by atoms with E-state index < -0.39 is 0 Å². The van der Waals surface area contributed by atoms with Gasteiger partial charge in [0.25, 0.3) is 0 Å². The van der Waals surface area contributed by atoms with Gasteiger partial charge in [0.05, 0.1) is 5.60 Å². The van der Waals surface area contributed by atoms with E-state index in [-0.39, 0.29) is 11.7 Å². The Labute approximate surface area is 188 Å². The van der Waals surface area contributed by atoms with Crippen LogP contribution in [-0.4, -0.2) is 25.9 Å². The molecule has 0 saturated heterocycles. The Morgan fingerprint density at radius 3 is 1.60 bits per heavy atom. The fraction of sp³-hybridized carbons (Fsp3) is 0.857. The monoisotopic (exact) mass is 420 g/mol. The smallest absolute Gasteiger partial charge is 0.103 e. The summed E-state index contributed by atoms with van der Waals surface area (Å²) in [6.07, 6.45) is 7.65. The van der Waals surface area contributed by atoms with E-state index in [1.165, 1.54) is 31.3 Å². The molecule has 0 aromatic heterocycles. The van der Waals surface area contributed by atoms with Crippen LogP contribution in [0, 0.1) is 23.2 Å². The minimum atomic E-state index is -0.0685. The van der Waals surface area contributed by atoms with E-state index in [1.807, 2.05) is 55.8 Å². The summed E-state index contributed by atoms with van der Waals surface area (Å²) < 4.78 is 12.5. The Balaban J connectivity index is 0.000000691. The van der Waals surface area contributed by atoms with Gasteiger partial charge in [-0.1, -0.05) is 80.4 Å². The van der Waals surface area contributed by atoms with Crippen molar-refractivity contribution in [2.45, 2.75) is 119 Å². The van der Waals surface area contributed by atoms with Crippen LogP contribution in [0.5, 0.6) is 0 Å². The van der Waals surface area contributed by atoms with E-state index in [1.54, 1.807) is 16.7 Å². The lowest BCUT2D eigenvalue weighted by Crippen LogP contribution is -2.55. The molecule has 30 heavy (non-hydrogen) atoms. The molecular formula is C28H52O2. The molecule has 0 aromatic carbocycles. The van der Waals surface area contributed by atoms with Crippen LogP contribution >= 0.6 is 0 Å². The first kappa shape index (κ1) is 27.4. The second kappa shape index (κ2) is 11.3. The van der Waals surface area contributed by atoms with Gasteiger partial charge in [-0.3, -0.25) is 0 Å². The molecule has 2 bridgehead atoms. The predicted molar refractivity (Wildman–Crippen MR) is 132 cm³/mol. The quantitative estimate of drug-likeness (QED) is 0.418. The van der Waals surface area contributed by atoms with Crippen LogP contribution in [0.2, 0.25) is 0 Å². The summed E-state index contributed by atoms with van der Waals surface area (Å²) in [4.78, 5) is 0. The van der Waals surface area contributed by atoms with Gasteiger partial charge in [0, 0.05) is 14.2 Å². The van der Waals surface area contributed by atoms with Crippen molar-refractivity contribution in [3.8, 4) is 0 Å². The second-order valence-electron chi connectivity index (χ2n) is 9.21. The molecular weight excluding hydrogens is 368 g/mol. The van der Waals surface area contributed by atoms with E-state index in [0.29, 0.717) is 23.2 Å². The first-order chi connectivity index (χ1) is 14.4. The van der Waals surface area contributed by atoms with Crippen molar-refractivity contribution < 1.29 is 9.47 Å². The van der Waals surface area contributed by atoms with E-state index in [0.717, 1.165) is 12.8 Å². The average Bonchev–Trinajstić information content (AvgIpc) is 2.80. The number of rotatable bonds is 2. The predicted octanol–water partition coefficient (Wildman–Crippen LogP) is 8.37. The van der Waals surface area contributed by atoms with Crippen molar-refractivity contribution in [3.05, 3.63) is 22.3 Å². The van der Waals surface area contributed by atoms with Crippen molar-refractivity contribution in [1.82, 2.24) is 0 Å². The highest BCUT2D eigenvalue weighted by Gasteiger charge is 2.58. The molecule has 5 aliphatic rings. The Morgan fingerprint density at radius 1 is 0.700 bits per heavy atom. The number of hydrogen-bond acceptors (Lipinski definition) is 2. The van der Waals surface area contributed by atoms with Crippen LogP contribution < -0.4 is 0 Å². The third-order valence-electron chi connectivity index (χ3n) is 8.09. The van der Waals surface area contributed by atoms with Gasteiger partial charge in [0.2, 0.25) is 0 Å². The van der Waals surface area contributed by atoms with Crippen molar-refractivity contribution in [2.24, 2.45) is 23.2 Å². The van der Waals surface area contributed by atoms with Crippen LogP contribution in [0.25, 0.3) is 0 Å². The molecule has 0 radical (unpaired) electrons. The van der Waals surface area contributed by atoms with Crippen molar-refractivity contribution in [2.75, 3.05) is 14.2 Å². The Hall–Kier alpha value is -0.600. The lowest BCUT2D eigenvalue weighted by Gasteiger charge is -2.60. The molecule has 0 heterocycles. The molecule has 4 atom stereocenters. The molecule has 2 heteroatoms. The first-order valence-electron chi connectivity index (χ1n) is 13.0. The second-order valence-corrected chi connectivity index (χ2v) is 9.21. The third kappa shape index (κ3) is 4.20. The van der Waals surface area contributed by atoms with Crippen LogP contribution in [0.4, 0.5) is 0 Å². The van der Waals surface area contributed by atoms with Gasteiger partial charge in [-0.2, -0.15) is 0 Å². The largest absolute Gasteiger partial charge is 0.374 e. The summed E-state index contributed by atoms with van der Waals surface area (Å²) in [6, 6.07) is 0. The summed E-state index contributed by atoms with van der Waals surface area (Å²) in [5.41, 5.74) is 6.81. The number of hydrogen-bond donors (Lipinski definition) is 0. The molecule has 1 saturated carbocycles. The number of fused-ring (bicyclic) bond motifs is 2. The van der Waals surface area contributed by atoms with E-state index >= 15 is 0 Å². The fourth-order valence-electron chi connectivity index (χ4n) is 6.79. The Bertz CT molecular complexity index is 604. The van der Waals surface area contributed by atoms with Crippen LogP contribution in [0.3, 0.4) is 0 Å². The minimum Gasteiger partial charge on any atom is -0.374 e. The molecule has 0 amide bonds. The molecule has 176 valence electrons. The number of allylic oxidation sites excluding steroid dienone is 2. The third-order valence-corrected chi connectivity index (χ3v) is 8.09. The Kier molecular flexibility index (Phi) is 10.4. The highest BCUT2D eigenvalue weighted by Crippen LogP contribution is 2.64. The lowest BCUT2D eigenvalue weighted by atomic mass is 9.49. The maximum Gasteiger partial charge on any atom is 0.103 e. The molecule has 0 aliphatic heterocycles. The highest BCUT2D eigenvalue weighted by molar-refractivity contribution is 5.53. The summed E-state index contributed by atoms with van der Waals surface area (Å²) >= 11 is 0. The molecule has 5 rings (SSSR count). The molecule has 0 spiro atoms. The van der Waals surface area contributed by atoms with Gasteiger partial charge >= 0.3 is 0 Å². The minimum absolute atomic E-state index is 0.0685. The zero-order valence-corrected chi connectivity index (χ0v) is 22.4. The summed E-state index contributed by atoms with van der Waals surface area (Å²) in [7, 11) is 3.84. The van der Waals surface area contributed by atoms with E-state index in [2.05, 4.69) is 27.7 Å². The molecule has 0 aromatic rings. The van der Waals surface area contributed by atoms with Crippen molar-refractivity contribution in [3.63, 3.8) is 0 Å². The molecule has 0 N–H and O–H groups in total. The molecule has 2 nitrogen and oxygen atoms in total. The fourth-order valence-corrected chi connectivity index (χ4v) is 6.79. The summed E-state index contributed by atoms with van der Waals surface area (Å²) in [6.45, 7) is 21.8. The summed E-state index contributed by atoms with van der Waals surface area (Å²) in [5.74, 6) is 1.90. The SMILES string of the molecule is CC.CC.CC.COC1C2=C(C(C)CCC2C)C(C)C2=C1C1(OC)CCC2(C)CC1. The topological polar surface area (TPSA) is 18.5 Å².